The van der Waals surface area contributed by atoms with Gasteiger partial charge in [-0.25, -0.2) is 19.6 Å². The van der Waals surface area contributed by atoms with Crippen molar-refractivity contribution in [1.29, 1.82) is 0 Å². The number of benzene rings is 2. The summed E-state index contributed by atoms with van der Waals surface area (Å²) >= 11 is 0. The normalized spacial score (nSPS) is 20.0. The van der Waals surface area contributed by atoms with Crippen LogP contribution in [-0.2, 0) is 11.3 Å². The molecule has 1 aromatic heterocycles. The first-order valence-electron chi connectivity index (χ1n) is 19.6. The van der Waals surface area contributed by atoms with Crippen molar-refractivity contribution >= 4 is 12.1 Å². The average Bonchev–Trinajstić information content (AvgIpc) is 3.13. The van der Waals surface area contributed by atoms with Crippen LogP contribution in [0.4, 0.5) is 4.79 Å². The monoisotopic (exact) mass is 775 g/mol. The van der Waals surface area contributed by atoms with Gasteiger partial charge in [0.15, 0.2) is 0 Å². The highest BCUT2D eigenvalue weighted by Crippen LogP contribution is 2.40. The molecule has 4 heterocycles. The van der Waals surface area contributed by atoms with Crippen LogP contribution in [0.2, 0.25) is 0 Å². The van der Waals surface area contributed by atoms with Gasteiger partial charge in [-0.15, -0.1) is 0 Å². The summed E-state index contributed by atoms with van der Waals surface area (Å²) in [6, 6.07) is 20.7. The molecule has 0 bridgehead atoms. The Labute approximate surface area is 337 Å². The number of carboxylic acids is 1. The van der Waals surface area contributed by atoms with Gasteiger partial charge in [0.05, 0.1) is 18.5 Å². The molecule has 1 N–H and O–H groups in total. The number of aromatic carboxylic acids is 1. The van der Waals surface area contributed by atoms with E-state index in [0.717, 1.165) is 70.9 Å². The molecule has 0 radical (unpaired) electrons. The van der Waals surface area contributed by atoms with Gasteiger partial charge in [-0.05, 0) is 116 Å². The molecule has 3 aliphatic rings. The van der Waals surface area contributed by atoms with Crippen LogP contribution >= 0.6 is 0 Å². The molecule has 0 unspecified atom stereocenters. The number of carboxylic acid groups (broad SMARTS) is 1. The lowest BCUT2D eigenvalue weighted by Gasteiger charge is -2.52. The highest BCUT2D eigenvalue weighted by molar-refractivity contribution is 5.89. The van der Waals surface area contributed by atoms with Crippen molar-refractivity contribution in [3.8, 4) is 5.75 Å². The van der Waals surface area contributed by atoms with E-state index in [1.165, 1.54) is 30.3 Å². The number of piperazine rings is 1. The number of nitrogens with zero attached hydrogens (tertiary/aromatic N) is 6. The number of hydrogen-bond donors (Lipinski definition) is 1. The number of ether oxygens (including phenoxy) is 2. The van der Waals surface area contributed by atoms with E-state index in [0.29, 0.717) is 29.4 Å². The summed E-state index contributed by atoms with van der Waals surface area (Å²) in [6.07, 6.45) is 5.63. The van der Waals surface area contributed by atoms with Gasteiger partial charge in [0.25, 0.3) is 0 Å². The van der Waals surface area contributed by atoms with Crippen molar-refractivity contribution in [2.45, 2.75) is 119 Å². The fourth-order valence-corrected chi connectivity index (χ4v) is 8.45. The minimum atomic E-state index is -0.972. The van der Waals surface area contributed by atoms with E-state index in [-0.39, 0.29) is 32.0 Å². The topological polar surface area (TPSA) is 112 Å². The van der Waals surface area contributed by atoms with Crippen LogP contribution in [0.3, 0.4) is 0 Å². The molecule has 11 heteroatoms. The number of amides is 1. The Morgan fingerprint density at radius 2 is 1.48 bits per heavy atom. The molecule has 3 aliphatic heterocycles. The second-order valence-electron chi connectivity index (χ2n) is 16.5. The van der Waals surface area contributed by atoms with Crippen LogP contribution in [0.5, 0.6) is 5.75 Å². The van der Waals surface area contributed by atoms with E-state index in [2.05, 4.69) is 93.1 Å². The van der Waals surface area contributed by atoms with Gasteiger partial charge >= 0.3 is 12.1 Å². The summed E-state index contributed by atoms with van der Waals surface area (Å²) in [5.41, 5.74) is 3.72. The molecule has 3 aromatic rings. The van der Waals surface area contributed by atoms with E-state index < -0.39 is 11.6 Å². The predicted octanol–water partition coefficient (Wildman–Crippen LogP) is 8.51. The minimum Gasteiger partial charge on any atom is -0.497 e. The Hall–Kier alpha value is -4.06. The Bertz CT molecular complexity index is 1640. The van der Waals surface area contributed by atoms with Crippen LogP contribution in [0.1, 0.15) is 114 Å². The summed E-state index contributed by atoms with van der Waals surface area (Å²) in [5.74, 6) is 0.583. The first-order valence-corrected chi connectivity index (χ1v) is 19.6. The van der Waals surface area contributed by atoms with Gasteiger partial charge in [-0.2, -0.15) is 0 Å². The molecule has 1 amide bonds. The molecule has 2 atom stereocenters. The Morgan fingerprint density at radius 1 is 0.893 bits per heavy atom. The van der Waals surface area contributed by atoms with Crippen molar-refractivity contribution in [3.63, 3.8) is 0 Å². The second kappa shape index (κ2) is 20.4. The quantitative estimate of drug-likeness (QED) is 0.239. The zero-order chi connectivity index (χ0) is 39.0. The second-order valence-corrected chi connectivity index (χ2v) is 16.5. The van der Waals surface area contributed by atoms with Crippen molar-refractivity contribution in [3.05, 3.63) is 89.0 Å². The average molecular weight is 775 g/mol. The minimum absolute atomic E-state index is 0. The molecule has 310 valence electrons. The van der Waals surface area contributed by atoms with Crippen molar-refractivity contribution in [2.75, 3.05) is 52.9 Å². The largest absolute Gasteiger partial charge is 0.497 e. The highest BCUT2D eigenvalue weighted by atomic mass is 16.6. The number of carbonyl (C=O) groups excluding carboxylic acids is 1. The summed E-state index contributed by atoms with van der Waals surface area (Å²) in [5, 5.41) is 8.67. The molecule has 3 saturated heterocycles. The maximum absolute atomic E-state index is 12.6. The number of aryl methyl sites for hydroxylation is 2. The lowest BCUT2D eigenvalue weighted by molar-refractivity contribution is -0.0280. The van der Waals surface area contributed by atoms with Crippen LogP contribution in [0.25, 0.3) is 0 Å². The fourth-order valence-electron chi connectivity index (χ4n) is 8.45. The molecule has 56 heavy (non-hydrogen) atoms. The SMILES string of the molecule is C.C.COc1ccc(CN2CCN([C@H](c3ccccc3)C3CCN(C4(C)CCN(C(=O)OC(C)(C)C)CC4)CC3)[C@@H](C)C2)cc1.Cc1ncnc(C)c1C(=O)O. The summed E-state index contributed by atoms with van der Waals surface area (Å²) in [4.78, 5) is 40.8. The highest BCUT2D eigenvalue weighted by Gasteiger charge is 2.42. The lowest BCUT2D eigenvalue weighted by Crippen LogP contribution is -2.58. The third-order valence-electron chi connectivity index (χ3n) is 11.5. The molecule has 6 rings (SSSR count). The van der Waals surface area contributed by atoms with E-state index >= 15 is 0 Å². The van der Waals surface area contributed by atoms with Crippen LogP contribution in [0, 0.1) is 19.8 Å². The maximum Gasteiger partial charge on any atom is 0.410 e. The summed E-state index contributed by atoms with van der Waals surface area (Å²) in [6.45, 7) is 22.0. The fraction of sp³-hybridized carbons (Fsp3) is 0.600. The van der Waals surface area contributed by atoms with Crippen LogP contribution in [0.15, 0.2) is 60.9 Å². The number of aromatic nitrogens is 2. The Balaban J connectivity index is 0.000000560. The standard InChI is InChI=1S/C36H54N4O3.C7H8N2O2.2CH4/c1-28-26-37(27-29-12-14-32(42-6)15-13-29)24-25-40(28)33(30-10-8-7-9-11-30)31-16-20-39(21-17-31)36(5)18-22-38(23-19-36)34(41)43-35(2,3)4;1-4-6(7(10)11)5(2)9-3-8-4;;/h7-15,28,31,33H,16-27H2,1-6H3;3H,1-2H3,(H,10,11);2*1H4/t28-,33+;;;/m0.../s1. The van der Waals surface area contributed by atoms with Crippen LogP contribution < -0.4 is 4.74 Å². The molecular weight excluding hydrogens is 705 g/mol. The molecule has 11 nitrogen and oxygen atoms in total. The van der Waals surface area contributed by atoms with E-state index in [1.807, 2.05) is 25.7 Å². The van der Waals surface area contributed by atoms with Gasteiger partial charge in [-0.1, -0.05) is 57.3 Å². The molecule has 0 aliphatic carbocycles. The molecule has 2 aromatic carbocycles. The number of piperidine rings is 2. The first kappa shape index (κ1) is 46.3. The van der Waals surface area contributed by atoms with Crippen molar-refractivity contribution in [1.82, 2.24) is 29.6 Å². The number of carbonyl (C=O) groups is 2. The number of likely N-dealkylation sites (tertiary alicyclic amines) is 2. The maximum atomic E-state index is 12.6. The first-order chi connectivity index (χ1) is 25.7. The summed E-state index contributed by atoms with van der Waals surface area (Å²) < 4.78 is 11.0. The molecule has 0 saturated carbocycles. The lowest BCUT2D eigenvalue weighted by atomic mass is 9.80. The predicted molar refractivity (Wildman–Crippen MR) is 225 cm³/mol. The number of rotatable bonds is 8. The molecule has 3 fully saturated rings. The van der Waals surface area contributed by atoms with Crippen LogP contribution in [-0.4, -0.2) is 117 Å². The third kappa shape index (κ3) is 12.0. The van der Waals surface area contributed by atoms with Gasteiger partial charge in [-0.3, -0.25) is 14.7 Å². The number of methoxy groups -OCH3 is 1. The zero-order valence-electron chi connectivity index (χ0n) is 33.8. The van der Waals surface area contributed by atoms with Gasteiger partial charge in [0.1, 0.15) is 23.2 Å². The van der Waals surface area contributed by atoms with E-state index in [9.17, 15) is 9.59 Å². The van der Waals surface area contributed by atoms with Crippen molar-refractivity contribution in [2.24, 2.45) is 5.92 Å². The molecular formula is C45H70N6O5. The van der Waals surface area contributed by atoms with Gasteiger partial charge in [0, 0.05) is 56.9 Å². The van der Waals surface area contributed by atoms with Gasteiger partial charge < -0.3 is 19.5 Å². The van der Waals surface area contributed by atoms with E-state index in [4.69, 9.17) is 14.6 Å². The zero-order valence-corrected chi connectivity index (χ0v) is 33.8. The Kier molecular flexibility index (Phi) is 16.9. The third-order valence-corrected chi connectivity index (χ3v) is 11.5. The smallest absolute Gasteiger partial charge is 0.410 e. The summed E-state index contributed by atoms with van der Waals surface area (Å²) in [7, 11) is 1.72. The van der Waals surface area contributed by atoms with E-state index in [1.54, 1.807) is 21.0 Å². The Morgan fingerprint density at radius 3 is 1.98 bits per heavy atom. The molecule has 0 spiro atoms. The number of hydrogen-bond acceptors (Lipinski definition) is 9. The van der Waals surface area contributed by atoms with Crippen molar-refractivity contribution < 1.29 is 24.2 Å². The van der Waals surface area contributed by atoms with Gasteiger partial charge in [0.2, 0.25) is 0 Å².